The maximum atomic E-state index is 12.2. The van der Waals surface area contributed by atoms with Gasteiger partial charge in [-0.05, 0) is 25.0 Å². The van der Waals surface area contributed by atoms with E-state index in [2.05, 4.69) is 34.5 Å². The van der Waals surface area contributed by atoms with Crippen molar-refractivity contribution in [2.75, 3.05) is 5.32 Å². The highest BCUT2D eigenvalue weighted by Gasteiger charge is 2.15. The predicted molar refractivity (Wildman–Crippen MR) is 95.6 cm³/mol. The van der Waals surface area contributed by atoms with Crippen molar-refractivity contribution >= 4 is 27.9 Å². The molecule has 0 saturated heterocycles. The Labute approximate surface area is 144 Å². The molecule has 0 radical (unpaired) electrons. The number of benzene rings is 1. The maximum Gasteiger partial charge on any atom is 0.234 e. The molecule has 0 fully saturated rings. The molecule has 0 unspecified atom stereocenters. The molecule has 2 heterocycles. The van der Waals surface area contributed by atoms with Gasteiger partial charge in [-0.1, -0.05) is 43.4 Å². The average molecular weight is 343 g/mol. The Bertz CT molecular complexity index is 860. The van der Waals surface area contributed by atoms with Crippen LogP contribution in [0.15, 0.2) is 18.2 Å². The minimum atomic E-state index is 0.00227. The average Bonchev–Trinajstić information content (AvgIpc) is 3.08. The van der Waals surface area contributed by atoms with Crippen LogP contribution < -0.4 is 5.32 Å². The smallest absolute Gasteiger partial charge is 0.234 e. The zero-order valence-corrected chi connectivity index (χ0v) is 15.1. The third kappa shape index (κ3) is 3.31. The van der Waals surface area contributed by atoms with E-state index >= 15 is 0 Å². The standard InChI is InChI=1S/C17H21N5OS/c1-10(2)16-19-20-17-22(16)21-14(24-17)9-8-13(23)18-15-11(3)6-5-7-12(15)4/h5-7,10H,8-9H2,1-4H3,(H,18,23). The molecule has 2 aromatic heterocycles. The third-order valence-corrected chi connectivity index (χ3v) is 4.84. The van der Waals surface area contributed by atoms with Crippen LogP contribution in [0.1, 0.15) is 48.1 Å². The number of nitrogens with one attached hydrogen (secondary N) is 1. The Kier molecular flexibility index (Phi) is 4.62. The van der Waals surface area contributed by atoms with Crippen LogP contribution in [0.5, 0.6) is 0 Å². The molecule has 1 amide bonds. The van der Waals surface area contributed by atoms with Crippen molar-refractivity contribution in [1.29, 1.82) is 0 Å². The van der Waals surface area contributed by atoms with Crippen LogP contribution in [0.2, 0.25) is 0 Å². The number of fused-ring (bicyclic) bond motifs is 1. The van der Waals surface area contributed by atoms with Crippen molar-refractivity contribution in [3.05, 3.63) is 40.2 Å². The summed E-state index contributed by atoms with van der Waals surface area (Å²) >= 11 is 1.49. The van der Waals surface area contributed by atoms with Crippen LogP contribution in [-0.2, 0) is 11.2 Å². The topological polar surface area (TPSA) is 72.2 Å². The van der Waals surface area contributed by atoms with Crippen molar-refractivity contribution in [2.45, 2.75) is 46.5 Å². The van der Waals surface area contributed by atoms with E-state index in [0.29, 0.717) is 12.8 Å². The van der Waals surface area contributed by atoms with Crippen molar-refractivity contribution < 1.29 is 4.79 Å². The number of carbonyl (C=O) groups excluding carboxylic acids is 1. The molecule has 0 bridgehead atoms. The van der Waals surface area contributed by atoms with Gasteiger partial charge in [-0.3, -0.25) is 4.79 Å². The highest BCUT2D eigenvalue weighted by molar-refractivity contribution is 7.16. The molecule has 3 rings (SSSR count). The van der Waals surface area contributed by atoms with E-state index in [-0.39, 0.29) is 11.8 Å². The first-order chi connectivity index (χ1) is 11.5. The summed E-state index contributed by atoms with van der Waals surface area (Å²) in [5, 5.41) is 16.7. The van der Waals surface area contributed by atoms with Crippen molar-refractivity contribution in [3.8, 4) is 0 Å². The van der Waals surface area contributed by atoms with E-state index in [9.17, 15) is 4.79 Å². The third-order valence-electron chi connectivity index (χ3n) is 3.88. The maximum absolute atomic E-state index is 12.2. The van der Waals surface area contributed by atoms with E-state index in [1.54, 1.807) is 4.52 Å². The number of aromatic nitrogens is 4. The van der Waals surface area contributed by atoms with E-state index in [1.807, 2.05) is 32.0 Å². The second-order valence-electron chi connectivity index (χ2n) is 6.22. The SMILES string of the molecule is Cc1cccc(C)c1NC(=O)CCc1nn2c(C(C)C)nnc2s1. The van der Waals surface area contributed by atoms with Gasteiger partial charge in [-0.2, -0.15) is 9.61 Å². The summed E-state index contributed by atoms with van der Waals surface area (Å²) in [6.45, 7) is 8.12. The fourth-order valence-electron chi connectivity index (χ4n) is 2.57. The van der Waals surface area contributed by atoms with Crippen molar-refractivity contribution in [3.63, 3.8) is 0 Å². The van der Waals surface area contributed by atoms with Gasteiger partial charge in [0.05, 0.1) is 0 Å². The molecule has 0 aliphatic heterocycles. The first-order valence-electron chi connectivity index (χ1n) is 8.02. The van der Waals surface area contributed by atoms with Crippen LogP contribution in [0.25, 0.3) is 4.96 Å². The van der Waals surface area contributed by atoms with Gasteiger partial charge in [-0.25, -0.2) is 0 Å². The Balaban J connectivity index is 1.66. The Morgan fingerprint density at radius 2 is 1.96 bits per heavy atom. The number of rotatable bonds is 5. The summed E-state index contributed by atoms with van der Waals surface area (Å²) < 4.78 is 1.79. The molecule has 0 aliphatic carbocycles. The zero-order chi connectivity index (χ0) is 17.3. The molecule has 0 atom stereocenters. The highest BCUT2D eigenvalue weighted by Crippen LogP contribution is 2.21. The molecule has 0 aliphatic rings. The van der Waals surface area contributed by atoms with E-state index < -0.39 is 0 Å². The van der Waals surface area contributed by atoms with E-state index in [0.717, 1.165) is 32.6 Å². The van der Waals surface area contributed by atoms with Gasteiger partial charge >= 0.3 is 0 Å². The summed E-state index contributed by atoms with van der Waals surface area (Å²) in [5.74, 6) is 1.12. The van der Waals surface area contributed by atoms with Gasteiger partial charge in [0.15, 0.2) is 5.82 Å². The second kappa shape index (κ2) is 6.68. The van der Waals surface area contributed by atoms with Gasteiger partial charge in [0.2, 0.25) is 10.9 Å². The molecule has 6 nitrogen and oxygen atoms in total. The number of para-hydroxylation sites is 1. The molecule has 1 N–H and O–H groups in total. The normalized spacial score (nSPS) is 11.4. The molecule has 0 saturated carbocycles. The largest absolute Gasteiger partial charge is 0.326 e. The molecule has 7 heteroatoms. The number of nitrogens with zero attached hydrogens (tertiary/aromatic N) is 4. The quantitative estimate of drug-likeness (QED) is 0.769. The Morgan fingerprint density at radius 1 is 1.25 bits per heavy atom. The van der Waals surface area contributed by atoms with E-state index in [4.69, 9.17) is 0 Å². The lowest BCUT2D eigenvalue weighted by molar-refractivity contribution is -0.116. The lowest BCUT2D eigenvalue weighted by Crippen LogP contribution is -2.14. The van der Waals surface area contributed by atoms with Crippen LogP contribution in [0.4, 0.5) is 5.69 Å². The van der Waals surface area contributed by atoms with Gasteiger partial charge in [-0.15, -0.1) is 10.2 Å². The monoisotopic (exact) mass is 343 g/mol. The lowest BCUT2D eigenvalue weighted by atomic mass is 10.1. The first kappa shape index (κ1) is 16.6. The number of hydrogen-bond donors (Lipinski definition) is 1. The summed E-state index contributed by atoms with van der Waals surface area (Å²) in [5.41, 5.74) is 3.05. The van der Waals surface area contributed by atoms with Crippen molar-refractivity contribution in [2.24, 2.45) is 0 Å². The fourth-order valence-corrected chi connectivity index (χ4v) is 3.41. The first-order valence-corrected chi connectivity index (χ1v) is 8.84. The van der Waals surface area contributed by atoms with Crippen LogP contribution in [-0.4, -0.2) is 25.7 Å². The summed E-state index contributed by atoms with van der Waals surface area (Å²) in [6.07, 6.45) is 0.997. The number of carbonyl (C=O) groups is 1. The number of hydrogen-bond acceptors (Lipinski definition) is 5. The van der Waals surface area contributed by atoms with Gasteiger partial charge in [0, 0.05) is 24.4 Å². The van der Waals surface area contributed by atoms with Gasteiger partial charge in [0.25, 0.3) is 0 Å². The van der Waals surface area contributed by atoms with Crippen LogP contribution >= 0.6 is 11.3 Å². The number of amides is 1. The summed E-state index contributed by atoms with van der Waals surface area (Å²) in [4.78, 5) is 13.0. The predicted octanol–water partition coefficient (Wildman–Crippen LogP) is 3.50. The van der Waals surface area contributed by atoms with Crippen LogP contribution in [0.3, 0.4) is 0 Å². The molecule has 0 spiro atoms. The molecule has 126 valence electrons. The molecular weight excluding hydrogens is 322 g/mol. The Morgan fingerprint density at radius 3 is 2.62 bits per heavy atom. The lowest BCUT2D eigenvalue weighted by Gasteiger charge is -2.10. The molecule has 24 heavy (non-hydrogen) atoms. The number of anilines is 1. The molecular formula is C17H21N5OS. The highest BCUT2D eigenvalue weighted by atomic mass is 32.1. The Hall–Kier alpha value is -2.28. The van der Waals surface area contributed by atoms with E-state index in [1.165, 1.54) is 11.3 Å². The fraction of sp³-hybridized carbons (Fsp3) is 0.412. The molecule has 3 aromatic rings. The summed E-state index contributed by atoms with van der Waals surface area (Å²) in [7, 11) is 0. The number of aryl methyl sites for hydroxylation is 3. The summed E-state index contributed by atoms with van der Waals surface area (Å²) in [6, 6.07) is 5.99. The van der Waals surface area contributed by atoms with Gasteiger partial charge in [0.1, 0.15) is 5.01 Å². The van der Waals surface area contributed by atoms with Gasteiger partial charge < -0.3 is 5.32 Å². The minimum absolute atomic E-state index is 0.00227. The zero-order valence-electron chi connectivity index (χ0n) is 14.3. The molecule has 1 aromatic carbocycles. The van der Waals surface area contributed by atoms with Crippen molar-refractivity contribution in [1.82, 2.24) is 19.8 Å². The minimum Gasteiger partial charge on any atom is -0.326 e. The second-order valence-corrected chi connectivity index (χ2v) is 7.26. The van der Waals surface area contributed by atoms with Crippen LogP contribution in [0, 0.1) is 13.8 Å².